The number of carbonyl (C=O) groups is 2. The molecule has 9 rings (SSSR count). The van der Waals surface area contributed by atoms with Gasteiger partial charge < -0.3 is 19.9 Å². The van der Waals surface area contributed by atoms with Gasteiger partial charge in [-0.3, -0.25) is 9.59 Å². The van der Waals surface area contributed by atoms with Gasteiger partial charge in [-0.2, -0.15) is 0 Å². The third-order valence-electron chi connectivity index (χ3n) is 10.5. The van der Waals surface area contributed by atoms with Gasteiger partial charge in [0.15, 0.2) is 11.6 Å². The van der Waals surface area contributed by atoms with Gasteiger partial charge in [-0.15, -0.1) is 0 Å². The first-order valence-corrected chi connectivity index (χ1v) is 21.6. The molecule has 1 aliphatic heterocycles. The third kappa shape index (κ3) is 6.91. The number of nitrogens with one attached hydrogen (secondary N) is 4. The summed E-state index contributed by atoms with van der Waals surface area (Å²) in [5.74, 6) is 0.0268. The number of benzene rings is 4. The van der Waals surface area contributed by atoms with E-state index in [1.54, 1.807) is 13.8 Å². The van der Waals surface area contributed by atoms with Crippen LogP contribution >= 0.6 is 63.7 Å². The molecule has 6 nitrogen and oxygen atoms in total. The first kappa shape index (κ1) is 38.3. The number of aromatic nitrogens is 4. The molecule has 4 N–H and O–H groups in total. The first-order chi connectivity index (χ1) is 28.0. The predicted octanol–water partition coefficient (Wildman–Crippen LogP) is 9.76. The monoisotopic (exact) mass is 1010 g/mol. The summed E-state index contributed by atoms with van der Waals surface area (Å²) in [7, 11) is 0. The number of carbonyl (C=O) groups excluding carboxylic acids is 2. The van der Waals surface area contributed by atoms with Gasteiger partial charge in [-0.1, -0.05) is 124 Å². The van der Waals surface area contributed by atoms with Gasteiger partial charge >= 0.3 is 0 Å². The highest BCUT2D eigenvalue weighted by molar-refractivity contribution is 9.11. The van der Waals surface area contributed by atoms with Crippen LogP contribution in [0.4, 0.5) is 0 Å². The second kappa shape index (κ2) is 15.5. The second-order valence-electron chi connectivity index (χ2n) is 14.1. The lowest BCUT2D eigenvalue weighted by Crippen LogP contribution is -2.19. The largest absolute Gasteiger partial charge is 0.354 e. The van der Waals surface area contributed by atoms with Crippen LogP contribution in [0.25, 0.3) is 22.3 Å². The van der Waals surface area contributed by atoms with E-state index in [4.69, 9.17) is 0 Å². The number of rotatable bonds is 6. The minimum Gasteiger partial charge on any atom is -0.354 e. The molecular formula is C48H32Br4N4O2. The molecule has 0 amide bonds. The van der Waals surface area contributed by atoms with Gasteiger partial charge in [0, 0.05) is 107 Å². The molecular weight excluding hydrogens is 984 g/mol. The Morgan fingerprint density at radius 3 is 0.966 bits per heavy atom. The van der Waals surface area contributed by atoms with Crippen LogP contribution in [-0.2, 0) is 0 Å². The number of ketones is 2. The van der Waals surface area contributed by atoms with Crippen LogP contribution in [0.3, 0.4) is 0 Å². The number of halogens is 4. The fourth-order valence-electron chi connectivity index (χ4n) is 7.70. The average molecular weight is 1020 g/mol. The van der Waals surface area contributed by atoms with E-state index < -0.39 is 0 Å². The molecule has 0 unspecified atom stereocenters. The molecule has 1 aliphatic rings. The zero-order chi connectivity index (χ0) is 40.2. The molecule has 284 valence electrons. The molecule has 8 bridgehead atoms. The van der Waals surface area contributed by atoms with Crippen molar-refractivity contribution in [3.63, 3.8) is 0 Å². The van der Waals surface area contributed by atoms with Crippen LogP contribution < -0.4 is 21.4 Å². The summed E-state index contributed by atoms with van der Waals surface area (Å²) in [5, 5.41) is 3.57. The molecule has 8 aromatic rings. The fraction of sp³-hybridized carbons (Fsp3) is 0.0417. The molecule has 0 atom stereocenters. The number of fused-ring (bicyclic) bond motifs is 8. The summed E-state index contributed by atoms with van der Waals surface area (Å²) in [6.07, 6.45) is 0. The molecule has 58 heavy (non-hydrogen) atoms. The molecule has 5 heterocycles. The molecule has 0 saturated heterocycles. The maximum atomic E-state index is 12.3. The van der Waals surface area contributed by atoms with E-state index in [2.05, 4.69) is 132 Å². The van der Waals surface area contributed by atoms with E-state index in [1.165, 1.54) is 0 Å². The standard InChI is InChI=1S/C48H32Br4N4O2/c1-25(57)27-9-13-29(14-10-27)43-35-17-21-39(53-35)47(45-31(49)5-3-6-32(45)50)41-23-19-37(55-41)44(30-15-11-28(12-16-30)26(2)58)38-20-24-42(56-38)48(40-22-18-36(43)54-40)46-33(51)7-4-8-34(46)52/h3-24,53-56H,1-2H3. The van der Waals surface area contributed by atoms with Crippen LogP contribution in [0, 0.1) is 0 Å². The number of aromatic amines is 4. The summed E-state index contributed by atoms with van der Waals surface area (Å²) in [6.45, 7) is 3.17. The molecule has 4 aromatic carbocycles. The number of hydrogen-bond donors (Lipinski definition) is 4. The van der Waals surface area contributed by atoms with Gasteiger partial charge in [0.05, 0.1) is 0 Å². The van der Waals surface area contributed by atoms with E-state index in [0.29, 0.717) is 11.1 Å². The van der Waals surface area contributed by atoms with Gasteiger partial charge in [0.2, 0.25) is 0 Å². The number of Topliss-reactive ketones (excluding diaryl/α,β-unsaturated/α-hetero) is 2. The Labute approximate surface area is 367 Å². The maximum absolute atomic E-state index is 12.3. The quantitative estimate of drug-likeness (QED) is 0.125. The van der Waals surface area contributed by atoms with E-state index in [0.717, 1.165) is 107 Å². The minimum absolute atomic E-state index is 0.0134. The Balaban J connectivity index is 1.44. The smallest absolute Gasteiger partial charge is 0.159 e. The van der Waals surface area contributed by atoms with Crippen molar-refractivity contribution in [2.24, 2.45) is 0 Å². The van der Waals surface area contributed by atoms with Crippen molar-refractivity contribution in [1.82, 2.24) is 19.9 Å². The summed E-state index contributed by atoms with van der Waals surface area (Å²) in [5.41, 5.74) is 12.5. The normalized spacial score (nSPS) is 12.7. The summed E-state index contributed by atoms with van der Waals surface area (Å²) >= 11 is 15.5. The number of H-pyrrole nitrogens is 4. The van der Waals surface area contributed by atoms with Gasteiger partial charge in [0.1, 0.15) is 0 Å². The van der Waals surface area contributed by atoms with Gasteiger partial charge in [-0.25, -0.2) is 0 Å². The van der Waals surface area contributed by atoms with Crippen molar-refractivity contribution < 1.29 is 9.59 Å². The van der Waals surface area contributed by atoms with Crippen LogP contribution in [0.2, 0.25) is 0 Å². The average Bonchev–Trinajstić information content (AvgIpc) is 4.05. The highest BCUT2D eigenvalue weighted by atomic mass is 79.9. The van der Waals surface area contributed by atoms with Crippen LogP contribution in [0.5, 0.6) is 0 Å². The zero-order valence-electron chi connectivity index (χ0n) is 31.0. The van der Waals surface area contributed by atoms with Crippen LogP contribution in [0.1, 0.15) is 79.6 Å². The molecule has 4 aromatic heterocycles. The minimum atomic E-state index is 0.0134. The predicted molar refractivity (Wildman–Crippen MR) is 245 cm³/mol. The van der Waals surface area contributed by atoms with E-state index >= 15 is 0 Å². The lowest BCUT2D eigenvalue weighted by molar-refractivity contribution is 0.100. The van der Waals surface area contributed by atoms with Gasteiger partial charge in [-0.05, 0) is 97.8 Å². The SMILES string of the molecule is CC(=O)c1ccc(C2=c3ccc([nH]3)=C(c3c(Br)cccc3Br)c3ccc([nH]3)C(c3ccc(C(C)=O)cc3)=c3ccc([nH]3)=C(c3c(Br)cccc3Br)c3ccc2[nH]3)cc1. The lowest BCUT2D eigenvalue weighted by Gasteiger charge is -2.13. The molecule has 0 aliphatic carbocycles. The van der Waals surface area contributed by atoms with Crippen LogP contribution in [-0.4, -0.2) is 31.5 Å². The summed E-state index contributed by atoms with van der Waals surface area (Å²) in [4.78, 5) is 39.9. The second-order valence-corrected chi connectivity index (χ2v) is 17.5. The Morgan fingerprint density at radius 1 is 0.362 bits per heavy atom. The van der Waals surface area contributed by atoms with Crippen molar-refractivity contribution in [3.05, 3.63) is 229 Å². The molecule has 10 heteroatoms. The zero-order valence-corrected chi connectivity index (χ0v) is 37.4. The van der Waals surface area contributed by atoms with Crippen molar-refractivity contribution in [2.45, 2.75) is 13.8 Å². The summed E-state index contributed by atoms with van der Waals surface area (Å²) < 4.78 is 3.71. The maximum Gasteiger partial charge on any atom is 0.159 e. The molecule has 0 saturated carbocycles. The first-order valence-electron chi connectivity index (χ1n) is 18.4. The molecule has 0 radical (unpaired) electrons. The lowest BCUT2D eigenvalue weighted by atomic mass is 10.00. The topological polar surface area (TPSA) is 97.3 Å². The third-order valence-corrected chi connectivity index (χ3v) is 13.1. The van der Waals surface area contributed by atoms with Crippen LogP contribution in [0.15, 0.2) is 151 Å². The van der Waals surface area contributed by atoms with Crippen molar-refractivity contribution in [2.75, 3.05) is 0 Å². The van der Waals surface area contributed by atoms with Crippen molar-refractivity contribution >= 4 is 97.6 Å². The molecule has 0 fully saturated rings. The Morgan fingerprint density at radius 2 is 0.655 bits per heavy atom. The number of hydrogen-bond acceptors (Lipinski definition) is 2. The summed E-state index contributed by atoms with van der Waals surface area (Å²) in [6, 6.07) is 44.6. The Hall–Kier alpha value is -5.26. The van der Waals surface area contributed by atoms with Gasteiger partial charge in [0.25, 0.3) is 0 Å². The fourth-order valence-corrected chi connectivity index (χ4v) is 10.5. The van der Waals surface area contributed by atoms with E-state index in [1.807, 2.05) is 84.9 Å². The van der Waals surface area contributed by atoms with E-state index in [9.17, 15) is 9.59 Å². The van der Waals surface area contributed by atoms with Crippen molar-refractivity contribution in [1.29, 1.82) is 0 Å². The van der Waals surface area contributed by atoms with Crippen molar-refractivity contribution in [3.8, 4) is 0 Å². The highest BCUT2D eigenvalue weighted by Crippen LogP contribution is 2.36. The Bertz CT molecular complexity index is 2960. The Kier molecular flexibility index (Phi) is 10.2. The highest BCUT2D eigenvalue weighted by Gasteiger charge is 2.22. The van der Waals surface area contributed by atoms with E-state index in [-0.39, 0.29) is 11.6 Å². The molecule has 0 spiro atoms.